The minimum absolute atomic E-state index is 0. The minimum Gasteiger partial charge on any atom is -0.486 e. The summed E-state index contributed by atoms with van der Waals surface area (Å²) in [4.78, 5) is 8.96. The molecule has 5 nitrogen and oxygen atoms in total. The van der Waals surface area contributed by atoms with Crippen molar-refractivity contribution in [2.24, 2.45) is 0 Å². The first kappa shape index (κ1) is 26.1. The third-order valence-electron chi connectivity index (χ3n) is 5.51. The number of benzene rings is 2. The van der Waals surface area contributed by atoms with Crippen molar-refractivity contribution in [3.8, 4) is 28.3 Å². The molecular formula is C26H31IrN2O3-. The van der Waals surface area contributed by atoms with Gasteiger partial charge in [0.25, 0.3) is 0 Å². The van der Waals surface area contributed by atoms with Gasteiger partial charge in [-0.3, -0.25) is 4.98 Å². The number of methoxy groups -OCH3 is 1. The van der Waals surface area contributed by atoms with Gasteiger partial charge in [0.2, 0.25) is 0 Å². The van der Waals surface area contributed by atoms with E-state index in [4.69, 9.17) is 14.9 Å². The topological polar surface area (TPSA) is 75.5 Å². The fourth-order valence-electron chi connectivity index (χ4n) is 4.05. The van der Waals surface area contributed by atoms with Gasteiger partial charge >= 0.3 is 0 Å². The molecule has 0 saturated heterocycles. The van der Waals surface area contributed by atoms with Gasteiger partial charge in [-0.15, -0.1) is 29.3 Å². The summed E-state index contributed by atoms with van der Waals surface area (Å²) in [6.07, 6.45) is 1.48. The molecule has 32 heavy (non-hydrogen) atoms. The average molecular weight is 612 g/mol. The van der Waals surface area contributed by atoms with Crippen LogP contribution in [0.4, 0.5) is 0 Å². The van der Waals surface area contributed by atoms with Crippen LogP contribution in [0.15, 0.2) is 42.6 Å². The van der Waals surface area contributed by atoms with Gasteiger partial charge in [-0.1, -0.05) is 49.2 Å². The van der Waals surface area contributed by atoms with E-state index >= 15 is 0 Å². The second kappa shape index (κ2) is 10.7. The Kier molecular flexibility index (Phi) is 8.72. The van der Waals surface area contributed by atoms with Crippen LogP contribution < -0.4 is 4.74 Å². The van der Waals surface area contributed by atoms with Gasteiger partial charge < -0.3 is 14.9 Å². The molecule has 0 fully saturated rings. The molecular weight excluding hydrogens is 581 g/mol. The van der Waals surface area contributed by atoms with Crippen molar-refractivity contribution in [1.29, 1.82) is 0 Å². The Morgan fingerprint density at radius 3 is 2.31 bits per heavy atom. The summed E-state index contributed by atoms with van der Waals surface area (Å²) in [5.74, 6) is 0.541. The number of nitrogens with zero attached hydrogens (tertiary/aromatic N) is 2. The van der Waals surface area contributed by atoms with Crippen LogP contribution in [0.2, 0.25) is 0 Å². The summed E-state index contributed by atoms with van der Waals surface area (Å²) in [7, 11) is 1.63. The second-order valence-electron chi connectivity index (χ2n) is 8.65. The summed E-state index contributed by atoms with van der Waals surface area (Å²) in [5, 5.41) is 17.1. The Morgan fingerprint density at radius 2 is 1.72 bits per heavy atom. The van der Waals surface area contributed by atoms with Crippen LogP contribution in [0.5, 0.6) is 5.88 Å². The van der Waals surface area contributed by atoms with Crippen LogP contribution in [0, 0.1) is 13.0 Å². The van der Waals surface area contributed by atoms with Crippen molar-refractivity contribution in [3.05, 3.63) is 65.5 Å². The molecule has 0 bridgehead atoms. The van der Waals surface area contributed by atoms with E-state index in [1.54, 1.807) is 27.2 Å². The van der Waals surface area contributed by atoms with E-state index in [9.17, 15) is 0 Å². The molecule has 2 atom stereocenters. The molecule has 0 aliphatic heterocycles. The molecule has 0 saturated carbocycles. The molecule has 1 heterocycles. The van der Waals surface area contributed by atoms with Crippen molar-refractivity contribution >= 4 is 0 Å². The number of aromatic nitrogens is 2. The van der Waals surface area contributed by atoms with E-state index in [2.05, 4.69) is 66.3 Å². The monoisotopic (exact) mass is 612 g/mol. The smallest absolute Gasteiger partial charge is 0.194 e. The molecule has 6 heteroatoms. The number of aliphatic hydroxyl groups is 2. The van der Waals surface area contributed by atoms with Crippen LogP contribution in [0.3, 0.4) is 0 Å². The molecule has 1 aliphatic rings. The first-order chi connectivity index (χ1) is 14.6. The maximum Gasteiger partial charge on any atom is 0.194 e. The molecule has 4 rings (SSSR count). The van der Waals surface area contributed by atoms with Crippen LogP contribution in [0.25, 0.3) is 22.4 Å². The Labute approximate surface area is 204 Å². The van der Waals surface area contributed by atoms with Crippen molar-refractivity contribution in [1.82, 2.24) is 9.97 Å². The number of ether oxygens (including phenoxy) is 1. The Balaban J connectivity index is 0.000000398. The van der Waals surface area contributed by atoms with Crippen LogP contribution in [0.1, 0.15) is 50.9 Å². The van der Waals surface area contributed by atoms with Gasteiger partial charge in [-0.05, 0) is 38.2 Å². The van der Waals surface area contributed by atoms with Gasteiger partial charge in [0.15, 0.2) is 5.88 Å². The van der Waals surface area contributed by atoms with E-state index in [-0.39, 0.29) is 37.7 Å². The summed E-state index contributed by atoms with van der Waals surface area (Å²) in [6.45, 7) is 9.75. The standard InChI is InChI=1S/C21H19N2O.C5H12O2.Ir/c1-13-12-22-19(20(23-13)24-4)14-9-10-16-15-7-5-6-8-17(15)21(2,3)18(16)11-14;1-4(6)3-5(2)7;/h5-8,10-12H,1-4H3;4-7H,3H2,1-2H3;/q-1;;. The third kappa shape index (κ3) is 5.44. The number of hydrogen-bond donors (Lipinski definition) is 2. The fourth-order valence-corrected chi connectivity index (χ4v) is 4.05. The zero-order chi connectivity index (χ0) is 22.8. The van der Waals surface area contributed by atoms with Crippen LogP contribution >= 0.6 is 0 Å². The molecule has 1 aliphatic carbocycles. The predicted molar refractivity (Wildman–Crippen MR) is 123 cm³/mol. The number of fused-ring (bicyclic) bond motifs is 3. The number of rotatable bonds is 4. The van der Waals surface area contributed by atoms with Gasteiger partial charge in [-0.25, -0.2) is 4.98 Å². The maximum absolute atomic E-state index is 8.56. The average Bonchev–Trinajstić information content (AvgIpc) is 2.94. The zero-order valence-electron chi connectivity index (χ0n) is 19.4. The first-order valence-corrected chi connectivity index (χ1v) is 10.5. The Morgan fingerprint density at radius 1 is 1.06 bits per heavy atom. The van der Waals surface area contributed by atoms with Crippen molar-refractivity contribution in [2.45, 2.75) is 58.7 Å². The molecule has 0 spiro atoms. The normalized spacial score (nSPS) is 14.8. The molecule has 3 aromatic rings. The molecule has 2 aromatic carbocycles. The van der Waals surface area contributed by atoms with Crippen molar-refractivity contribution < 1.29 is 35.1 Å². The molecule has 173 valence electrons. The summed E-state index contributed by atoms with van der Waals surface area (Å²) < 4.78 is 5.42. The summed E-state index contributed by atoms with van der Waals surface area (Å²) in [6, 6.07) is 16.2. The largest absolute Gasteiger partial charge is 0.486 e. The van der Waals surface area contributed by atoms with E-state index in [0.29, 0.717) is 12.3 Å². The van der Waals surface area contributed by atoms with Crippen molar-refractivity contribution in [2.75, 3.05) is 7.11 Å². The summed E-state index contributed by atoms with van der Waals surface area (Å²) >= 11 is 0. The van der Waals surface area contributed by atoms with E-state index in [1.165, 1.54) is 22.3 Å². The number of aryl methyl sites for hydroxylation is 1. The summed E-state index contributed by atoms with van der Waals surface area (Å²) in [5.41, 5.74) is 7.64. The first-order valence-electron chi connectivity index (χ1n) is 10.5. The van der Waals surface area contributed by atoms with Crippen molar-refractivity contribution in [3.63, 3.8) is 0 Å². The van der Waals surface area contributed by atoms with E-state index < -0.39 is 0 Å². The van der Waals surface area contributed by atoms with Gasteiger partial charge in [-0.2, -0.15) is 0 Å². The SMILES string of the molecule is CC(O)CC(C)O.COc1nc(C)cnc1-c1[c-]cc2c(c1)C(C)(C)c1ccccc1-2.[Ir]. The molecule has 1 aromatic heterocycles. The van der Waals surface area contributed by atoms with E-state index in [1.807, 2.05) is 6.92 Å². The molecule has 0 amide bonds. The van der Waals surface area contributed by atoms with Gasteiger partial charge in [0.1, 0.15) is 0 Å². The van der Waals surface area contributed by atoms with Crippen LogP contribution in [-0.4, -0.2) is 39.5 Å². The van der Waals surface area contributed by atoms with Gasteiger partial charge in [0.05, 0.1) is 25.0 Å². The Bertz CT molecular complexity index is 1060. The molecule has 2 N–H and O–H groups in total. The fraction of sp³-hybridized carbons (Fsp3) is 0.385. The Hall–Kier alpha value is -2.11. The molecule has 2 unspecified atom stereocenters. The van der Waals surface area contributed by atoms with Gasteiger partial charge in [0, 0.05) is 32.0 Å². The van der Waals surface area contributed by atoms with E-state index in [0.717, 1.165) is 17.0 Å². The minimum atomic E-state index is -0.375. The maximum atomic E-state index is 8.56. The zero-order valence-corrected chi connectivity index (χ0v) is 21.8. The predicted octanol–water partition coefficient (Wildman–Crippen LogP) is 4.70. The molecule has 1 radical (unpaired) electrons. The third-order valence-corrected chi connectivity index (χ3v) is 5.51. The van der Waals surface area contributed by atoms with Crippen LogP contribution in [-0.2, 0) is 25.5 Å². The number of hydrogen-bond acceptors (Lipinski definition) is 5. The number of aliphatic hydroxyl groups excluding tert-OH is 2. The quantitative estimate of drug-likeness (QED) is 0.419. The second-order valence-corrected chi connectivity index (χ2v) is 8.65.